The van der Waals surface area contributed by atoms with Crippen LogP contribution >= 0.6 is 15.9 Å². The van der Waals surface area contributed by atoms with Crippen LogP contribution in [0.3, 0.4) is 0 Å². The van der Waals surface area contributed by atoms with Gasteiger partial charge < -0.3 is 15.4 Å². The number of benzene rings is 1. The number of nitrogens with one attached hydrogen (secondary N) is 2. The third-order valence-electron chi connectivity index (χ3n) is 2.74. The molecule has 5 heteroatoms. The fourth-order valence-corrected chi connectivity index (χ4v) is 2.32. The Labute approximate surface area is 129 Å². The molecule has 0 radical (unpaired) electrons. The number of hydrogen-bond acceptors (Lipinski definition) is 3. The molecule has 0 aliphatic carbocycles. The number of ether oxygens (including phenoxy) is 1. The fraction of sp³-hybridized carbons (Fsp3) is 0.533. The molecule has 0 aliphatic heterocycles. The molecule has 0 saturated carbocycles. The van der Waals surface area contributed by atoms with Gasteiger partial charge in [0.1, 0.15) is 5.75 Å². The molecule has 20 heavy (non-hydrogen) atoms. The van der Waals surface area contributed by atoms with E-state index >= 15 is 0 Å². The second kappa shape index (κ2) is 7.09. The molecule has 0 aliphatic rings. The maximum atomic E-state index is 12.0. The van der Waals surface area contributed by atoms with Crippen molar-refractivity contribution in [3.8, 4) is 5.75 Å². The highest BCUT2D eigenvalue weighted by atomic mass is 79.9. The second-order valence-corrected chi connectivity index (χ2v) is 6.63. The lowest BCUT2D eigenvalue weighted by atomic mass is 10.1. The smallest absolute Gasteiger partial charge is 0.237 e. The summed E-state index contributed by atoms with van der Waals surface area (Å²) in [5.41, 5.74) is 0.790. The van der Waals surface area contributed by atoms with Crippen LogP contribution in [0.1, 0.15) is 33.3 Å². The largest absolute Gasteiger partial charge is 0.495 e. The number of methoxy groups -OCH3 is 1. The molecule has 1 rings (SSSR count). The molecular formula is C15H23BrN2O2. The van der Waals surface area contributed by atoms with Crippen LogP contribution in [-0.2, 0) is 11.3 Å². The van der Waals surface area contributed by atoms with Gasteiger partial charge in [-0.15, -0.1) is 0 Å². The van der Waals surface area contributed by atoms with Gasteiger partial charge in [0.2, 0.25) is 5.91 Å². The molecule has 0 bridgehead atoms. The minimum Gasteiger partial charge on any atom is -0.495 e. The van der Waals surface area contributed by atoms with Gasteiger partial charge in [0.15, 0.2) is 0 Å². The summed E-state index contributed by atoms with van der Waals surface area (Å²) in [6.45, 7) is 8.33. The van der Waals surface area contributed by atoms with Gasteiger partial charge in [0.05, 0.1) is 17.6 Å². The molecule has 0 spiro atoms. The highest BCUT2D eigenvalue weighted by Crippen LogP contribution is 2.28. The molecule has 0 saturated heterocycles. The van der Waals surface area contributed by atoms with Crippen molar-refractivity contribution in [1.82, 2.24) is 10.6 Å². The first-order valence-corrected chi connectivity index (χ1v) is 7.40. The minimum absolute atomic E-state index is 0.00790. The number of rotatable bonds is 5. The molecule has 1 aromatic carbocycles. The summed E-state index contributed by atoms with van der Waals surface area (Å²) in [5.74, 6) is 0.787. The van der Waals surface area contributed by atoms with Crippen molar-refractivity contribution in [3.05, 3.63) is 28.2 Å². The van der Waals surface area contributed by atoms with Crippen LogP contribution in [-0.4, -0.2) is 24.6 Å². The lowest BCUT2D eigenvalue weighted by Gasteiger charge is -2.24. The topological polar surface area (TPSA) is 50.4 Å². The highest BCUT2D eigenvalue weighted by Gasteiger charge is 2.19. The SMILES string of the molecule is COc1c(Br)cccc1CNC(C)C(=O)NC(C)(C)C. The summed E-state index contributed by atoms with van der Waals surface area (Å²) < 4.78 is 6.27. The summed E-state index contributed by atoms with van der Waals surface area (Å²) in [6, 6.07) is 5.59. The molecule has 112 valence electrons. The molecule has 2 N–H and O–H groups in total. The normalized spacial score (nSPS) is 12.9. The van der Waals surface area contributed by atoms with Gasteiger partial charge in [0.25, 0.3) is 0 Å². The maximum absolute atomic E-state index is 12.0. The zero-order valence-corrected chi connectivity index (χ0v) is 14.3. The molecule has 0 heterocycles. The van der Waals surface area contributed by atoms with Crippen molar-refractivity contribution in [1.29, 1.82) is 0 Å². The zero-order chi connectivity index (χ0) is 15.3. The van der Waals surface area contributed by atoms with Gasteiger partial charge in [-0.05, 0) is 49.7 Å². The van der Waals surface area contributed by atoms with Crippen LogP contribution in [0.2, 0.25) is 0 Å². The predicted octanol–water partition coefficient (Wildman–Crippen LogP) is 2.85. The molecule has 1 atom stereocenters. The Balaban J connectivity index is 2.63. The summed E-state index contributed by atoms with van der Waals surface area (Å²) in [5, 5.41) is 6.16. The number of halogens is 1. The van der Waals surface area contributed by atoms with Crippen LogP contribution in [0, 0.1) is 0 Å². The zero-order valence-electron chi connectivity index (χ0n) is 12.7. The van der Waals surface area contributed by atoms with Gasteiger partial charge >= 0.3 is 0 Å². The highest BCUT2D eigenvalue weighted by molar-refractivity contribution is 9.10. The third-order valence-corrected chi connectivity index (χ3v) is 3.37. The molecular weight excluding hydrogens is 320 g/mol. The van der Waals surface area contributed by atoms with E-state index in [0.717, 1.165) is 15.8 Å². The van der Waals surface area contributed by atoms with Crippen molar-refractivity contribution in [2.24, 2.45) is 0 Å². The Hall–Kier alpha value is -1.07. The van der Waals surface area contributed by atoms with E-state index in [9.17, 15) is 4.79 Å². The van der Waals surface area contributed by atoms with E-state index in [1.807, 2.05) is 45.9 Å². The number of carbonyl (C=O) groups excluding carboxylic acids is 1. The minimum atomic E-state index is -0.266. The van der Waals surface area contributed by atoms with Crippen molar-refractivity contribution >= 4 is 21.8 Å². The van der Waals surface area contributed by atoms with Crippen LogP contribution in [0.5, 0.6) is 5.75 Å². The molecule has 1 amide bonds. The molecule has 4 nitrogen and oxygen atoms in total. The Morgan fingerprint density at radius 1 is 1.40 bits per heavy atom. The Kier molecular flexibility index (Phi) is 6.02. The lowest BCUT2D eigenvalue weighted by molar-refractivity contribution is -0.124. The molecule has 1 aromatic rings. The maximum Gasteiger partial charge on any atom is 0.237 e. The monoisotopic (exact) mass is 342 g/mol. The van der Waals surface area contributed by atoms with E-state index in [1.165, 1.54) is 0 Å². The van der Waals surface area contributed by atoms with E-state index in [0.29, 0.717) is 6.54 Å². The van der Waals surface area contributed by atoms with Crippen molar-refractivity contribution in [2.45, 2.75) is 45.8 Å². The van der Waals surface area contributed by atoms with E-state index < -0.39 is 0 Å². The van der Waals surface area contributed by atoms with E-state index in [1.54, 1.807) is 7.11 Å². The predicted molar refractivity (Wildman–Crippen MR) is 84.9 cm³/mol. The molecule has 0 aromatic heterocycles. The molecule has 1 unspecified atom stereocenters. The first-order chi connectivity index (χ1) is 9.24. The fourth-order valence-electron chi connectivity index (χ4n) is 1.75. The van der Waals surface area contributed by atoms with E-state index in [-0.39, 0.29) is 17.5 Å². The molecule has 0 fully saturated rings. The summed E-state index contributed by atoms with van der Waals surface area (Å²) in [4.78, 5) is 12.0. The van der Waals surface area contributed by atoms with Gasteiger partial charge in [-0.25, -0.2) is 0 Å². The van der Waals surface area contributed by atoms with Gasteiger partial charge in [0, 0.05) is 17.6 Å². The van der Waals surface area contributed by atoms with Crippen LogP contribution in [0.4, 0.5) is 0 Å². The van der Waals surface area contributed by atoms with Gasteiger partial charge in [-0.3, -0.25) is 4.79 Å². The average molecular weight is 343 g/mol. The lowest BCUT2D eigenvalue weighted by Crippen LogP contribution is -2.49. The second-order valence-electron chi connectivity index (χ2n) is 5.77. The number of para-hydroxylation sites is 1. The van der Waals surface area contributed by atoms with Gasteiger partial charge in [-0.2, -0.15) is 0 Å². The Morgan fingerprint density at radius 3 is 2.60 bits per heavy atom. The van der Waals surface area contributed by atoms with E-state index in [4.69, 9.17) is 4.74 Å². The van der Waals surface area contributed by atoms with Crippen molar-refractivity contribution in [2.75, 3.05) is 7.11 Å². The van der Waals surface area contributed by atoms with Gasteiger partial charge in [-0.1, -0.05) is 12.1 Å². The standard InChI is InChI=1S/C15H23BrN2O2/c1-10(14(19)18-15(2,3)4)17-9-11-7-6-8-12(16)13(11)20-5/h6-8,10,17H,9H2,1-5H3,(H,18,19). The van der Waals surface area contributed by atoms with Crippen molar-refractivity contribution in [3.63, 3.8) is 0 Å². The third kappa shape index (κ3) is 5.13. The first kappa shape index (κ1) is 17.0. The quantitative estimate of drug-likeness (QED) is 0.864. The van der Waals surface area contributed by atoms with Crippen molar-refractivity contribution < 1.29 is 9.53 Å². The first-order valence-electron chi connectivity index (χ1n) is 6.61. The van der Waals surface area contributed by atoms with Crippen LogP contribution in [0.15, 0.2) is 22.7 Å². The summed E-state index contributed by atoms with van der Waals surface area (Å²) in [6.07, 6.45) is 0. The number of amides is 1. The number of hydrogen-bond donors (Lipinski definition) is 2. The Bertz CT molecular complexity index is 469. The van der Waals surface area contributed by atoms with Crippen LogP contribution in [0.25, 0.3) is 0 Å². The van der Waals surface area contributed by atoms with E-state index in [2.05, 4.69) is 26.6 Å². The number of carbonyl (C=O) groups is 1. The summed E-state index contributed by atoms with van der Waals surface area (Å²) >= 11 is 3.45. The Morgan fingerprint density at radius 2 is 2.05 bits per heavy atom. The summed E-state index contributed by atoms with van der Waals surface area (Å²) in [7, 11) is 1.64. The van der Waals surface area contributed by atoms with Crippen LogP contribution < -0.4 is 15.4 Å². The average Bonchev–Trinajstić information content (AvgIpc) is 2.33.